The highest BCUT2D eigenvalue weighted by Gasteiger charge is 2.24. The third kappa shape index (κ3) is 2.26. The normalized spacial score (nSPS) is 16.4. The van der Waals surface area contributed by atoms with Crippen LogP contribution in [0.5, 0.6) is 0 Å². The average Bonchev–Trinajstić information content (AvgIpc) is 2.89. The number of rotatable bonds is 2. The van der Waals surface area contributed by atoms with Gasteiger partial charge in [-0.3, -0.25) is 4.79 Å². The summed E-state index contributed by atoms with van der Waals surface area (Å²) in [5, 5.41) is 0.951. The molecule has 4 heteroatoms. The Labute approximate surface area is 118 Å². The molecule has 1 aliphatic rings. The summed E-state index contributed by atoms with van der Waals surface area (Å²) in [5.74, 6) is 0.105. The van der Waals surface area contributed by atoms with E-state index >= 15 is 0 Å². The Hall–Kier alpha value is -1.97. The lowest BCUT2D eigenvalue weighted by molar-refractivity contribution is 0.0698. The predicted octanol–water partition coefficient (Wildman–Crippen LogP) is 3.15. The minimum Gasteiger partial charge on any atom is -0.399 e. The molecule has 1 saturated carbocycles. The van der Waals surface area contributed by atoms with Crippen molar-refractivity contribution in [3.63, 3.8) is 0 Å². The van der Waals surface area contributed by atoms with E-state index in [1.807, 2.05) is 30.1 Å². The number of carbonyl (C=O) groups excluding carboxylic acids is 1. The average molecular weight is 271 g/mol. The molecule has 2 aromatic rings. The summed E-state index contributed by atoms with van der Waals surface area (Å²) >= 11 is 0. The molecule has 1 aliphatic carbocycles. The van der Waals surface area contributed by atoms with Gasteiger partial charge in [0.25, 0.3) is 5.91 Å². The van der Waals surface area contributed by atoms with Crippen LogP contribution in [0.25, 0.3) is 10.9 Å². The lowest BCUT2D eigenvalue weighted by atomic mass is 9.94. The first-order valence-electron chi connectivity index (χ1n) is 7.30. The third-order valence-corrected chi connectivity index (χ3v) is 4.38. The second kappa shape index (κ2) is 5.19. The Morgan fingerprint density at radius 1 is 1.30 bits per heavy atom. The molecule has 0 unspecified atom stereocenters. The van der Waals surface area contributed by atoms with E-state index < -0.39 is 0 Å². The van der Waals surface area contributed by atoms with E-state index in [-0.39, 0.29) is 5.91 Å². The number of anilines is 1. The zero-order valence-electron chi connectivity index (χ0n) is 11.9. The van der Waals surface area contributed by atoms with Crippen LogP contribution in [-0.4, -0.2) is 28.9 Å². The second-order valence-corrected chi connectivity index (χ2v) is 5.72. The van der Waals surface area contributed by atoms with Crippen LogP contribution in [0.1, 0.15) is 42.5 Å². The van der Waals surface area contributed by atoms with Crippen molar-refractivity contribution in [2.45, 2.75) is 38.1 Å². The molecule has 1 aromatic heterocycles. The molecule has 0 spiro atoms. The van der Waals surface area contributed by atoms with Crippen molar-refractivity contribution in [3.8, 4) is 0 Å². The third-order valence-electron chi connectivity index (χ3n) is 4.38. The number of amides is 1. The summed E-state index contributed by atoms with van der Waals surface area (Å²) < 4.78 is 0. The summed E-state index contributed by atoms with van der Waals surface area (Å²) in [6, 6.07) is 6.01. The Morgan fingerprint density at radius 2 is 2.05 bits per heavy atom. The SMILES string of the molecule is CN(C(=O)c1c[nH]c2cc(N)ccc12)C1CCCCC1. The molecule has 0 saturated heterocycles. The van der Waals surface area contributed by atoms with Crippen LogP contribution in [0.3, 0.4) is 0 Å². The van der Waals surface area contributed by atoms with Gasteiger partial charge in [0.05, 0.1) is 5.56 Å². The molecule has 20 heavy (non-hydrogen) atoms. The van der Waals surface area contributed by atoms with E-state index in [1.54, 1.807) is 6.20 Å². The maximum atomic E-state index is 12.7. The fourth-order valence-electron chi connectivity index (χ4n) is 3.14. The van der Waals surface area contributed by atoms with Gasteiger partial charge in [-0.2, -0.15) is 0 Å². The van der Waals surface area contributed by atoms with Crippen LogP contribution in [0.4, 0.5) is 5.69 Å². The van der Waals surface area contributed by atoms with Gasteiger partial charge in [0.15, 0.2) is 0 Å². The lowest BCUT2D eigenvalue weighted by Gasteiger charge is -2.31. The van der Waals surface area contributed by atoms with Crippen molar-refractivity contribution in [3.05, 3.63) is 30.0 Å². The summed E-state index contributed by atoms with van der Waals surface area (Å²) in [6.45, 7) is 0. The van der Waals surface area contributed by atoms with E-state index in [9.17, 15) is 4.79 Å². The largest absolute Gasteiger partial charge is 0.399 e. The van der Waals surface area contributed by atoms with E-state index in [1.165, 1.54) is 19.3 Å². The number of H-pyrrole nitrogens is 1. The van der Waals surface area contributed by atoms with Gasteiger partial charge in [0.2, 0.25) is 0 Å². The lowest BCUT2D eigenvalue weighted by Crippen LogP contribution is -2.38. The Balaban J connectivity index is 1.88. The fraction of sp³-hybridized carbons (Fsp3) is 0.438. The zero-order chi connectivity index (χ0) is 14.1. The van der Waals surface area contributed by atoms with Gasteiger partial charge in [-0.05, 0) is 31.0 Å². The van der Waals surface area contributed by atoms with Crippen molar-refractivity contribution >= 4 is 22.5 Å². The number of benzene rings is 1. The minimum atomic E-state index is 0.105. The second-order valence-electron chi connectivity index (χ2n) is 5.72. The first kappa shape index (κ1) is 13.0. The van der Waals surface area contributed by atoms with E-state index in [0.717, 1.165) is 29.3 Å². The number of fused-ring (bicyclic) bond motifs is 1. The Morgan fingerprint density at radius 3 is 2.80 bits per heavy atom. The highest BCUT2D eigenvalue weighted by molar-refractivity contribution is 6.07. The maximum absolute atomic E-state index is 12.7. The number of aromatic amines is 1. The minimum absolute atomic E-state index is 0.105. The van der Waals surface area contributed by atoms with Crippen molar-refractivity contribution < 1.29 is 4.79 Å². The molecule has 3 N–H and O–H groups in total. The number of nitrogens with two attached hydrogens (primary N) is 1. The molecule has 1 aromatic carbocycles. The number of nitrogens with zero attached hydrogens (tertiary/aromatic N) is 1. The zero-order valence-corrected chi connectivity index (χ0v) is 11.9. The topological polar surface area (TPSA) is 62.1 Å². The van der Waals surface area contributed by atoms with Crippen molar-refractivity contribution in [1.82, 2.24) is 9.88 Å². The smallest absolute Gasteiger partial charge is 0.256 e. The molecular formula is C16H21N3O. The number of nitrogen functional groups attached to an aromatic ring is 1. The van der Waals surface area contributed by atoms with Gasteiger partial charge >= 0.3 is 0 Å². The van der Waals surface area contributed by atoms with E-state index in [2.05, 4.69) is 4.98 Å². The van der Waals surface area contributed by atoms with Gasteiger partial charge in [-0.25, -0.2) is 0 Å². The van der Waals surface area contributed by atoms with Crippen LogP contribution in [-0.2, 0) is 0 Å². The summed E-state index contributed by atoms with van der Waals surface area (Å²) in [6.07, 6.45) is 7.80. The molecule has 0 radical (unpaired) electrons. The van der Waals surface area contributed by atoms with Crippen molar-refractivity contribution in [2.75, 3.05) is 12.8 Å². The van der Waals surface area contributed by atoms with E-state index in [0.29, 0.717) is 11.7 Å². The highest BCUT2D eigenvalue weighted by atomic mass is 16.2. The number of nitrogens with one attached hydrogen (secondary N) is 1. The molecule has 4 nitrogen and oxygen atoms in total. The van der Waals surface area contributed by atoms with E-state index in [4.69, 9.17) is 5.73 Å². The Kier molecular flexibility index (Phi) is 3.38. The highest BCUT2D eigenvalue weighted by Crippen LogP contribution is 2.26. The van der Waals surface area contributed by atoms with Gasteiger partial charge in [0.1, 0.15) is 0 Å². The standard InChI is InChI=1S/C16H21N3O/c1-19(12-5-3-2-4-6-12)16(20)14-10-18-15-9-11(17)7-8-13(14)15/h7-10,12,18H,2-6,17H2,1H3. The van der Waals surface area contributed by atoms with Crippen LogP contribution < -0.4 is 5.73 Å². The molecule has 0 bridgehead atoms. The van der Waals surface area contributed by atoms with Gasteiger partial charge in [-0.15, -0.1) is 0 Å². The fourth-order valence-corrected chi connectivity index (χ4v) is 3.14. The maximum Gasteiger partial charge on any atom is 0.256 e. The monoisotopic (exact) mass is 271 g/mol. The molecule has 1 amide bonds. The Bertz CT molecular complexity index is 626. The van der Waals surface area contributed by atoms with Crippen LogP contribution >= 0.6 is 0 Å². The number of hydrogen-bond donors (Lipinski definition) is 2. The number of carbonyl (C=O) groups is 1. The first-order valence-corrected chi connectivity index (χ1v) is 7.30. The van der Waals surface area contributed by atoms with Gasteiger partial charge in [-0.1, -0.05) is 19.3 Å². The molecule has 3 rings (SSSR count). The van der Waals surface area contributed by atoms with Crippen molar-refractivity contribution in [2.24, 2.45) is 0 Å². The summed E-state index contributed by atoms with van der Waals surface area (Å²) in [7, 11) is 1.93. The molecular weight excluding hydrogens is 250 g/mol. The van der Waals surface area contributed by atoms with Gasteiger partial charge in [0, 0.05) is 35.9 Å². The molecule has 1 fully saturated rings. The number of aromatic nitrogens is 1. The molecule has 0 atom stereocenters. The molecule has 1 heterocycles. The van der Waals surface area contributed by atoms with Crippen molar-refractivity contribution in [1.29, 1.82) is 0 Å². The molecule has 106 valence electrons. The van der Waals surface area contributed by atoms with Crippen LogP contribution in [0, 0.1) is 0 Å². The summed E-state index contributed by atoms with van der Waals surface area (Å²) in [5.41, 5.74) is 8.14. The number of hydrogen-bond acceptors (Lipinski definition) is 2. The molecule has 0 aliphatic heterocycles. The first-order chi connectivity index (χ1) is 9.66. The van der Waals surface area contributed by atoms with Gasteiger partial charge < -0.3 is 15.6 Å². The summed E-state index contributed by atoms with van der Waals surface area (Å²) in [4.78, 5) is 17.7. The predicted molar refractivity (Wildman–Crippen MR) is 81.7 cm³/mol. The quantitative estimate of drug-likeness (QED) is 0.824. The van der Waals surface area contributed by atoms with Crippen LogP contribution in [0.2, 0.25) is 0 Å². The van der Waals surface area contributed by atoms with Crippen LogP contribution in [0.15, 0.2) is 24.4 Å².